The standard InChI is InChI=1S/C24H31N3O2/c1-19-9-10-23(29-2)21(16-19)17-25-12-14-26(15-13-25)18-24(28)27-11-5-7-20-6-3-4-8-22(20)27/h3-4,6,8-10,16H,5,7,11-15,17-18H2,1-2H3. The fourth-order valence-electron chi connectivity index (χ4n) is 4.45. The first-order chi connectivity index (χ1) is 14.1. The second-order valence-electron chi connectivity index (χ2n) is 8.15. The van der Waals surface area contributed by atoms with Crippen LogP contribution < -0.4 is 9.64 Å². The van der Waals surface area contributed by atoms with Gasteiger partial charge in [-0.15, -0.1) is 0 Å². The summed E-state index contributed by atoms with van der Waals surface area (Å²) in [6, 6.07) is 14.7. The molecule has 2 aliphatic rings. The molecule has 154 valence electrons. The van der Waals surface area contributed by atoms with Crippen LogP contribution in [0.15, 0.2) is 42.5 Å². The molecule has 1 fully saturated rings. The number of methoxy groups -OCH3 is 1. The fraction of sp³-hybridized carbons (Fsp3) is 0.458. The van der Waals surface area contributed by atoms with Crippen molar-refractivity contribution in [1.29, 1.82) is 0 Å². The summed E-state index contributed by atoms with van der Waals surface area (Å²) < 4.78 is 5.52. The van der Waals surface area contributed by atoms with E-state index >= 15 is 0 Å². The van der Waals surface area contributed by atoms with E-state index < -0.39 is 0 Å². The summed E-state index contributed by atoms with van der Waals surface area (Å²) in [6.07, 6.45) is 2.12. The molecule has 0 aromatic heterocycles. The van der Waals surface area contributed by atoms with E-state index in [0.717, 1.165) is 63.5 Å². The van der Waals surface area contributed by atoms with Gasteiger partial charge in [0.25, 0.3) is 0 Å². The molecule has 4 rings (SSSR count). The molecule has 0 saturated carbocycles. The lowest BCUT2D eigenvalue weighted by molar-refractivity contribution is -0.120. The number of rotatable bonds is 5. The van der Waals surface area contributed by atoms with Gasteiger partial charge in [-0.25, -0.2) is 0 Å². The summed E-state index contributed by atoms with van der Waals surface area (Å²) in [5.41, 5.74) is 4.90. The molecule has 0 bridgehead atoms. The number of carbonyl (C=O) groups excluding carboxylic acids is 1. The highest BCUT2D eigenvalue weighted by molar-refractivity contribution is 5.95. The van der Waals surface area contributed by atoms with E-state index in [4.69, 9.17) is 4.74 Å². The Hall–Kier alpha value is -2.37. The second-order valence-corrected chi connectivity index (χ2v) is 8.15. The number of aryl methyl sites for hydroxylation is 2. The Kier molecular flexibility index (Phi) is 6.16. The molecule has 1 amide bonds. The first-order valence-electron chi connectivity index (χ1n) is 10.6. The van der Waals surface area contributed by atoms with Gasteiger partial charge in [0, 0.05) is 50.5 Å². The van der Waals surface area contributed by atoms with Crippen molar-refractivity contribution in [2.75, 3.05) is 51.3 Å². The number of carbonyl (C=O) groups is 1. The molecule has 0 N–H and O–H groups in total. The minimum Gasteiger partial charge on any atom is -0.496 e. The molecule has 2 aromatic rings. The smallest absolute Gasteiger partial charge is 0.241 e. The lowest BCUT2D eigenvalue weighted by atomic mass is 10.0. The molecule has 5 heteroatoms. The minimum atomic E-state index is 0.228. The van der Waals surface area contributed by atoms with Crippen molar-refractivity contribution in [2.24, 2.45) is 0 Å². The highest BCUT2D eigenvalue weighted by Crippen LogP contribution is 2.27. The van der Waals surface area contributed by atoms with E-state index in [0.29, 0.717) is 6.54 Å². The van der Waals surface area contributed by atoms with Crippen LogP contribution in [-0.4, -0.2) is 62.1 Å². The summed E-state index contributed by atoms with van der Waals surface area (Å²) in [7, 11) is 1.73. The van der Waals surface area contributed by atoms with Crippen molar-refractivity contribution in [3.8, 4) is 5.75 Å². The van der Waals surface area contributed by atoms with Crippen molar-refractivity contribution in [3.05, 3.63) is 59.2 Å². The molecule has 29 heavy (non-hydrogen) atoms. The molecule has 0 atom stereocenters. The Morgan fingerprint density at radius 1 is 1.00 bits per heavy atom. The van der Waals surface area contributed by atoms with Gasteiger partial charge in [0.1, 0.15) is 5.75 Å². The number of piperazine rings is 1. The minimum absolute atomic E-state index is 0.228. The molecule has 0 unspecified atom stereocenters. The zero-order valence-electron chi connectivity index (χ0n) is 17.6. The summed E-state index contributed by atoms with van der Waals surface area (Å²) in [5, 5.41) is 0. The van der Waals surface area contributed by atoms with Crippen LogP contribution in [0.2, 0.25) is 0 Å². The Morgan fingerprint density at radius 3 is 2.55 bits per heavy atom. The Bertz CT molecular complexity index is 859. The second kappa shape index (κ2) is 8.97. The molecule has 0 spiro atoms. The van der Waals surface area contributed by atoms with Gasteiger partial charge in [-0.2, -0.15) is 0 Å². The first kappa shape index (κ1) is 19.9. The monoisotopic (exact) mass is 393 g/mol. The molecule has 0 radical (unpaired) electrons. The molecule has 2 heterocycles. The number of anilines is 1. The van der Waals surface area contributed by atoms with Gasteiger partial charge in [0.2, 0.25) is 5.91 Å². The molecule has 5 nitrogen and oxygen atoms in total. The van der Waals surface area contributed by atoms with Crippen LogP contribution in [0.25, 0.3) is 0 Å². The van der Waals surface area contributed by atoms with E-state index in [-0.39, 0.29) is 5.91 Å². The van der Waals surface area contributed by atoms with E-state index in [1.54, 1.807) is 7.11 Å². The maximum atomic E-state index is 13.0. The predicted octanol–water partition coefficient (Wildman–Crippen LogP) is 3.10. The molecular formula is C24H31N3O2. The normalized spacial score (nSPS) is 17.8. The van der Waals surface area contributed by atoms with Crippen LogP contribution in [0.1, 0.15) is 23.1 Å². The van der Waals surface area contributed by atoms with E-state index in [1.165, 1.54) is 16.7 Å². The van der Waals surface area contributed by atoms with Crippen LogP contribution >= 0.6 is 0 Å². The Morgan fingerprint density at radius 2 is 1.76 bits per heavy atom. The van der Waals surface area contributed by atoms with Gasteiger partial charge in [0.05, 0.1) is 13.7 Å². The molecule has 2 aromatic carbocycles. The highest BCUT2D eigenvalue weighted by atomic mass is 16.5. The van der Waals surface area contributed by atoms with Crippen molar-refractivity contribution < 1.29 is 9.53 Å². The van der Waals surface area contributed by atoms with Gasteiger partial charge in [-0.3, -0.25) is 14.6 Å². The number of fused-ring (bicyclic) bond motifs is 1. The topological polar surface area (TPSA) is 36.0 Å². The Labute approximate surface area is 173 Å². The molecular weight excluding hydrogens is 362 g/mol. The summed E-state index contributed by atoms with van der Waals surface area (Å²) in [5.74, 6) is 1.18. The van der Waals surface area contributed by atoms with Crippen molar-refractivity contribution >= 4 is 11.6 Å². The van der Waals surface area contributed by atoms with Crippen molar-refractivity contribution in [1.82, 2.24) is 9.80 Å². The lowest BCUT2D eigenvalue weighted by Gasteiger charge is -2.36. The van der Waals surface area contributed by atoms with Crippen LogP contribution in [-0.2, 0) is 17.8 Å². The zero-order chi connectivity index (χ0) is 20.2. The number of ether oxygens (including phenoxy) is 1. The molecule has 1 saturated heterocycles. The number of hydrogen-bond donors (Lipinski definition) is 0. The third-order valence-electron chi connectivity index (χ3n) is 6.06. The largest absolute Gasteiger partial charge is 0.496 e. The van der Waals surface area contributed by atoms with Gasteiger partial charge in [-0.1, -0.05) is 35.9 Å². The van der Waals surface area contributed by atoms with Crippen LogP contribution in [0, 0.1) is 6.92 Å². The highest BCUT2D eigenvalue weighted by Gasteiger charge is 2.25. The fourth-order valence-corrected chi connectivity index (χ4v) is 4.45. The first-order valence-corrected chi connectivity index (χ1v) is 10.6. The predicted molar refractivity (Wildman–Crippen MR) is 117 cm³/mol. The summed E-state index contributed by atoms with van der Waals surface area (Å²) >= 11 is 0. The summed E-state index contributed by atoms with van der Waals surface area (Å²) in [6.45, 7) is 8.16. The zero-order valence-corrected chi connectivity index (χ0v) is 17.6. The van der Waals surface area contributed by atoms with Crippen LogP contribution in [0.5, 0.6) is 5.75 Å². The van der Waals surface area contributed by atoms with Crippen LogP contribution in [0.4, 0.5) is 5.69 Å². The quantitative estimate of drug-likeness (QED) is 0.782. The van der Waals surface area contributed by atoms with Gasteiger partial charge < -0.3 is 9.64 Å². The van der Waals surface area contributed by atoms with Gasteiger partial charge in [0.15, 0.2) is 0 Å². The third kappa shape index (κ3) is 4.62. The van der Waals surface area contributed by atoms with Gasteiger partial charge in [-0.05, 0) is 37.5 Å². The van der Waals surface area contributed by atoms with Crippen LogP contribution in [0.3, 0.4) is 0 Å². The average molecular weight is 394 g/mol. The molecule has 0 aliphatic carbocycles. The van der Waals surface area contributed by atoms with E-state index in [9.17, 15) is 4.79 Å². The van der Waals surface area contributed by atoms with Gasteiger partial charge >= 0.3 is 0 Å². The average Bonchev–Trinajstić information content (AvgIpc) is 2.75. The lowest BCUT2D eigenvalue weighted by Crippen LogP contribution is -2.50. The number of benzene rings is 2. The van der Waals surface area contributed by atoms with E-state index in [2.05, 4.69) is 53.1 Å². The maximum Gasteiger partial charge on any atom is 0.241 e. The van der Waals surface area contributed by atoms with Crippen molar-refractivity contribution in [2.45, 2.75) is 26.3 Å². The number of nitrogens with zero attached hydrogens (tertiary/aromatic N) is 3. The SMILES string of the molecule is COc1ccc(C)cc1CN1CCN(CC(=O)N2CCCc3ccccc32)CC1. The van der Waals surface area contributed by atoms with Crippen molar-refractivity contribution in [3.63, 3.8) is 0 Å². The summed E-state index contributed by atoms with van der Waals surface area (Å²) in [4.78, 5) is 19.7. The number of para-hydroxylation sites is 1. The number of hydrogen-bond acceptors (Lipinski definition) is 4. The number of amides is 1. The van der Waals surface area contributed by atoms with E-state index in [1.807, 2.05) is 11.0 Å². The molecule has 2 aliphatic heterocycles. The third-order valence-corrected chi connectivity index (χ3v) is 6.06. The maximum absolute atomic E-state index is 13.0. The Balaban J connectivity index is 1.32.